The average Bonchev–Trinajstić information content (AvgIpc) is 3.29. The first-order valence-electron chi connectivity index (χ1n) is 20.3. The normalized spacial score (nSPS) is 25.4. The zero-order valence-electron chi connectivity index (χ0n) is 36.3. The van der Waals surface area contributed by atoms with Crippen LogP contribution in [0.4, 0.5) is 0 Å². The van der Waals surface area contributed by atoms with E-state index in [0.29, 0.717) is 12.1 Å². The van der Waals surface area contributed by atoms with Crippen LogP contribution >= 0.6 is 0 Å². The fourth-order valence-electron chi connectivity index (χ4n) is 9.13. The van der Waals surface area contributed by atoms with E-state index in [9.17, 15) is 121 Å². The number of aliphatic hydroxyl groups excluding tert-OH is 8. The quantitative estimate of drug-likeness (QED) is 0.0558. The Morgan fingerprint density at radius 2 is 0.803 bits per heavy atom. The molecule has 0 amide bonds. The third-order valence-corrected chi connectivity index (χ3v) is 12.6. The second-order valence-electron chi connectivity index (χ2n) is 16.4. The van der Waals surface area contributed by atoms with Gasteiger partial charge in [-0.05, 0) is 37.1 Å². The Morgan fingerprint density at radius 3 is 1.08 bits per heavy atom. The first-order chi connectivity index (χ1) is 32.7. The van der Waals surface area contributed by atoms with Crippen LogP contribution in [0.1, 0.15) is 119 Å². The van der Waals surface area contributed by atoms with Gasteiger partial charge in [-0.25, -0.2) is 9.59 Å². The number of carboxylic acids is 2. The van der Waals surface area contributed by atoms with Gasteiger partial charge in [0.15, 0.2) is 46.1 Å². The number of ether oxygens (including phenoxy) is 2. The number of aromatic hydroxyl groups is 6. The molecule has 0 aromatic heterocycles. The molecule has 2 aliphatic heterocycles. The van der Waals surface area contributed by atoms with Gasteiger partial charge in [0.2, 0.25) is 0 Å². The Morgan fingerprint density at radius 1 is 0.493 bits per heavy atom. The Bertz CT molecular complexity index is 2800. The summed E-state index contributed by atoms with van der Waals surface area (Å²) in [5, 5.41) is 187. The number of carboxylic acid groups (broad SMARTS) is 2. The number of aliphatic hydroxyl groups is 8. The number of rotatable bonds is 6. The van der Waals surface area contributed by atoms with E-state index in [0.717, 1.165) is 13.8 Å². The largest absolute Gasteiger partial charge is 2.00 e. The molecule has 2 saturated heterocycles. The van der Waals surface area contributed by atoms with Crippen LogP contribution in [-0.4, -0.2) is 217 Å². The smallest absolute Gasteiger partial charge is 0.872 e. The molecule has 372 valence electrons. The second-order valence-corrected chi connectivity index (χ2v) is 16.4. The molecule has 2 aliphatic carbocycles. The van der Waals surface area contributed by atoms with Gasteiger partial charge >= 0.3 is 49.7 Å². The van der Waals surface area contributed by atoms with Gasteiger partial charge in [0.1, 0.15) is 83.7 Å². The number of phenolic OH excluding ortho intramolecular Hbond substituents is 4. The molecule has 71 heavy (non-hydrogen) atoms. The molecule has 10 atom stereocenters. The van der Waals surface area contributed by atoms with Gasteiger partial charge < -0.3 is 101 Å². The number of carbonyl (C=O) groups is 6. The SMILES string of the molecule is Cc1c(C(=O)O)c(O)cc2c1C(=O)c1c([O-])c([C@@H]3O[C@H](CO)[C@@H](O)[C@H](O)[C@H]3O)c(O)c(O)c1C2=O.Cc1c(C(=O)O)c(O)cc2c1C(=O)c1c([O-])c([C@@H]3O[C@H](CO)[C@@H](O)[C@H](O)[C@H]3O)c(O)c(O)c1C2=O.[Ca+2]. The summed E-state index contributed by atoms with van der Waals surface area (Å²) in [5.74, 6) is -17.4. The Kier molecular flexibility index (Phi) is 14.8. The molecular weight excluding hydrogens is 985 g/mol. The molecule has 8 rings (SSSR count). The minimum atomic E-state index is -2.07. The fourth-order valence-corrected chi connectivity index (χ4v) is 9.13. The minimum Gasteiger partial charge on any atom is -0.872 e. The maximum absolute atomic E-state index is 13.4. The molecule has 27 heteroatoms. The monoisotopic (exact) mass is 1020 g/mol. The standard InChI is InChI=1S/2C22H20O13.Ca/c2*1-4-8-5(2-6(24)9(4)22(33)34)13(25)10-11(15(8)27)16(28)12(18(30)17(10)29)21-20(32)19(31)14(26)7(3-23)35-21;/h2*2,7,14,19-21,23-24,26,28-32H,3H2,1H3,(H,33,34);/q;;+2/p-2/t2*7-,14-,19+,20-,21+;/m11./s1. The van der Waals surface area contributed by atoms with Gasteiger partial charge in [0, 0.05) is 44.5 Å². The molecule has 2 fully saturated rings. The number of aromatic carboxylic acids is 2. The average molecular weight is 1020 g/mol. The predicted molar refractivity (Wildman–Crippen MR) is 223 cm³/mol. The third-order valence-electron chi connectivity index (χ3n) is 12.6. The van der Waals surface area contributed by atoms with E-state index in [-0.39, 0.29) is 48.9 Å². The Balaban J connectivity index is 0.000000229. The van der Waals surface area contributed by atoms with Gasteiger partial charge in [-0.3, -0.25) is 19.2 Å². The second kappa shape index (κ2) is 19.4. The zero-order chi connectivity index (χ0) is 52.2. The minimum absolute atomic E-state index is 0. The zero-order valence-corrected chi connectivity index (χ0v) is 38.5. The number of phenols is 6. The summed E-state index contributed by atoms with van der Waals surface area (Å²) >= 11 is 0. The molecule has 0 unspecified atom stereocenters. The van der Waals surface area contributed by atoms with Crippen molar-refractivity contribution in [3.63, 3.8) is 0 Å². The van der Waals surface area contributed by atoms with E-state index < -0.39 is 222 Å². The molecule has 2 heterocycles. The van der Waals surface area contributed by atoms with Crippen molar-refractivity contribution in [2.45, 2.75) is 74.9 Å². The third kappa shape index (κ3) is 8.05. The molecule has 26 nitrogen and oxygen atoms in total. The number of ketones is 4. The fraction of sp³-hybridized carbons (Fsp3) is 0.318. The van der Waals surface area contributed by atoms with E-state index >= 15 is 0 Å². The first kappa shape index (κ1) is 54.1. The molecule has 0 radical (unpaired) electrons. The molecular formula is C44H38CaO26. The van der Waals surface area contributed by atoms with Gasteiger partial charge in [-0.2, -0.15) is 0 Å². The van der Waals surface area contributed by atoms with E-state index in [2.05, 4.69) is 0 Å². The summed E-state index contributed by atoms with van der Waals surface area (Å²) in [4.78, 5) is 76.0. The Labute approximate surface area is 424 Å². The number of benzene rings is 4. The molecule has 4 aromatic rings. The molecule has 0 bridgehead atoms. The van der Waals surface area contributed by atoms with Crippen LogP contribution in [0.2, 0.25) is 0 Å². The van der Waals surface area contributed by atoms with Gasteiger partial charge in [0.05, 0.1) is 24.3 Å². The van der Waals surface area contributed by atoms with Crippen LogP contribution < -0.4 is 10.2 Å². The predicted octanol–water partition coefficient (Wildman–Crippen LogP) is -4.03. The summed E-state index contributed by atoms with van der Waals surface area (Å²) in [5.41, 5.74) is -9.78. The number of hydrogen-bond donors (Lipinski definition) is 16. The van der Waals surface area contributed by atoms with Crippen LogP contribution in [0.15, 0.2) is 12.1 Å². The maximum atomic E-state index is 13.4. The molecule has 4 aliphatic rings. The van der Waals surface area contributed by atoms with Crippen LogP contribution in [0.25, 0.3) is 0 Å². The van der Waals surface area contributed by atoms with Gasteiger partial charge in [-0.15, -0.1) is 0 Å². The van der Waals surface area contributed by atoms with Gasteiger partial charge in [0.25, 0.3) is 0 Å². The summed E-state index contributed by atoms with van der Waals surface area (Å²) in [6.45, 7) is 0.500. The van der Waals surface area contributed by atoms with Crippen molar-refractivity contribution in [2.24, 2.45) is 0 Å². The first-order valence-corrected chi connectivity index (χ1v) is 20.3. The summed E-state index contributed by atoms with van der Waals surface area (Å²) in [7, 11) is 0. The topological polar surface area (TPSA) is 491 Å². The van der Waals surface area contributed by atoms with E-state index in [4.69, 9.17) is 9.47 Å². The van der Waals surface area contributed by atoms with Gasteiger partial charge in [-0.1, -0.05) is 11.5 Å². The maximum Gasteiger partial charge on any atom is 2.00 e. The van der Waals surface area contributed by atoms with E-state index in [1.54, 1.807) is 0 Å². The van der Waals surface area contributed by atoms with Crippen molar-refractivity contribution in [1.29, 1.82) is 0 Å². The van der Waals surface area contributed by atoms with Crippen LogP contribution in [0.5, 0.6) is 46.0 Å². The van der Waals surface area contributed by atoms with Crippen LogP contribution in [-0.2, 0) is 9.47 Å². The molecule has 0 saturated carbocycles. The van der Waals surface area contributed by atoms with E-state index in [1.807, 2.05) is 0 Å². The van der Waals surface area contributed by atoms with Crippen molar-refractivity contribution in [2.75, 3.05) is 13.2 Å². The summed E-state index contributed by atoms with van der Waals surface area (Å²) < 4.78 is 10.5. The van der Waals surface area contributed by atoms with Crippen molar-refractivity contribution in [3.05, 3.63) is 90.0 Å². The number of carbonyl (C=O) groups excluding carboxylic acids is 4. The van der Waals surface area contributed by atoms with Crippen molar-refractivity contribution in [1.82, 2.24) is 0 Å². The number of hydrogen-bond acceptors (Lipinski definition) is 24. The summed E-state index contributed by atoms with van der Waals surface area (Å²) in [6.07, 6.45) is -18.6. The van der Waals surface area contributed by atoms with Crippen molar-refractivity contribution >= 4 is 72.8 Å². The summed E-state index contributed by atoms with van der Waals surface area (Å²) in [6, 6.07) is 1.39. The van der Waals surface area contributed by atoms with E-state index in [1.165, 1.54) is 0 Å². The molecule has 4 aromatic carbocycles. The van der Waals surface area contributed by atoms with Crippen LogP contribution in [0, 0.1) is 13.8 Å². The van der Waals surface area contributed by atoms with Crippen LogP contribution in [0.3, 0.4) is 0 Å². The van der Waals surface area contributed by atoms with Crippen molar-refractivity contribution < 1.29 is 130 Å². The molecule has 0 spiro atoms. The molecule has 16 N–H and O–H groups in total. The number of fused-ring (bicyclic) bond motifs is 4. The van der Waals surface area contributed by atoms with Crippen molar-refractivity contribution in [3.8, 4) is 46.0 Å². The Hall–Kier alpha value is -6.24.